The van der Waals surface area contributed by atoms with Crippen LogP contribution < -0.4 is 10.2 Å². The summed E-state index contributed by atoms with van der Waals surface area (Å²) in [6, 6.07) is 20.5. The van der Waals surface area contributed by atoms with Crippen molar-refractivity contribution in [2.45, 2.75) is 38.6 Å². The molecular formula is C25H33N3O. The smallest absolute Gasteiger partial charge is 0.219 e. The molecule has 2 fully saturated rings. The monoisotopic (exact) mass is 391 g/mol. The molecule has 2 aromatic carbocycles. The second-order valence-electron chi connectivity index (χ2n) is 8.56. The predicted molar refractivity (Wildman–Crippen MR) is 119 cm³/mol. The summed E-state index contributed by atoms with van der Waals surface area (Å²) >= 11 is 0. The third-order valence-electron chi connectivity index (χ3n) is 6.52. The fourth-order valence-corrected chi connectivity index (χ4v) is 4.78. The second-order valence-corrected chi connectivity index (χ2v) is 8.56. The Balaban J connectivity index is 1.37. The van der Waals surface area contributed by atoms with E-state index in [1.165, 1.54) is 16.8 Å². The van der Waals surface area contributed by atoms with Crippen LogP contribution in [0.3, 0.4) is 0 Å². The minimum atomic E-state index is 0.217. The first-order valence-electron chi connectivity index (χ1n) is 11.0. The minimum Gasteiger partial charge on any atom is -0.366 e. The number of hydrogen-bond acceptors (Lipinski definition) is 3. The molecule has 154 valence electrons. The summed E-state index contributed by atoms with van der Waals surface area (Å²) in [6.07, 6.45) is 4.45. The van der Waals surface area contributed by atoms with E-state index in [1.54, 1.807) is 6.92 Å². The summed E-state index contributed by atoms with van der Waals surface area (Å²) in [5, 5.41) is 3.56. The van der Waals surface area contributed by atoms with E-state index in [2.05, 4.69) is 64.8 Å². The van der Waals surface area contributed by atoms with Gasteiger partial charge in [-0.15, -0.1) is 0 Å². The maximum absolute atomic E-state index is 11.5. The number of carbonyl (C=O) groups excluding carboxylic acids is 1. The Labute approximate surface area is 174 Å². The zero-order chi connectivity index (χ0) is 20.1. The van der Waals surface area contributed by atoms with Crippen LogP contribution in [0.5, 0.6) is 0 Å². The second kappa shape index (κ2) is 9.45. The van der Waals surface area contributed by atoms with Crippen molar-refractivity contribution in [2.24, 2.45) is 5.92 Å². The average Bonchev–Trinajstić information content (AvgIpc) is 2.76. The maximum atomic E-state index is 11.5. The van der Waals surface area contributed by atoms with E-state index in [4.69, 9.17) is 0 Å². The Morgan fingerprint density at radius 3 is 2.31 bits per heavy atom. The first kappa shape index (κ1) is 20.0. The van der Waals surface area contributed by atoms with Crippen LogP contribution in [0, 0.1) is 5.92 Å². The van der Waals surface area contributed by atoms with Crippen molar-refractivity contribution >= 4 is 11.6 Å². The molecule has 0 aliphatic carbocycles. The lowest BCUT2D eigenvalue weighted by atomic mass is 9.90. The first-order chi connectivity index (χ1) is 14.2. The first-order valence-corrected chi connectivity index (χ1v) is 11.0. The molecule has 0 saturated carbocycles. The number of hydrogen-bond donors (Lipinski definition) is 1. The molecule has 4 nitrogen and oxygen atoms in total. The van der Waals surface area contributed by atoms with Gasteiger partial charge in [0.1, 0.15) is 0 Å². The topological polar surface area (TPSA) is 35.6 Å². The third-order valence-corrected chi connectivity index (χ3v) is 6.52. The molecule has 2 aliphatic rings. The molecule has 4 heteroatoms. The van der Waals surface area contributed by atoms with Crippen molar-refractivity contribution < 1.29 is 4.79 Å². The van der Waals surface area contributed by atoms with E-state index < -0.39 is 0 Å². The highest BCUT2D eigenvalue weighted by Gasteiger charge is 2.23. The Morgan fingerprint density at radius 2 is 1.62 bits per heavy atom. The van der Waals surface area contributed by atoms with Gasteiger partial charge < -0.3 is 15.1 Å². The fourth-order valence-electron chi connectivity index (χ4n) is 4.78. The van der Waals surface area contributed by atoms with Crippen LogP contribution in [0.25, 0.3) is 0 Å². The van der Waals surface area contributed by atoms with E-state index in [1.807, 2.05) is 4.90 Å². The number of benzene rings is 2. The normalized spacial score (nSPS) is 20.7. The van der Waals surface area contributed by atoms with Gasteiger partial charge in [-0.25, -0.2) is 0 Å². The number of likely N-dealkylation sites (tertiary alicyclic amines) is 1. The van der Waals surface area contributed by atoms with Gasteiger partial charge in [0.2, 0.25) is 5.91 Å². The van der Waals surface area contributed by atoms with Gasteiger partial charge in [0.15, 0.2) is 0 Å². The van der Waals surface area contributed by atoms with Crippen LogP contribution in [-0.2, 0) is 17.6 Å². The summed E-state index contributed by atoms with van der Waals surface area (Å²) in [4.78, 5) is 16.1. The van der Waals surface area contributed by atoms with Crippen molar-refractivity contribution in [3.8, 4) is 0 Å². The zero-order valence-electron chi connectivity index (χ0n) is 17.5. The molecular weight excluding hydrogens is 358 g/mol. The molecule has 2 aliphatic heterocycles. The lowest BCUT2D eigenvalue weighted by Gasteiger charge is -2.38. The van der Waals surface area contributed by atoms with Crippen molar-refractivity contribution in [1.29, 1.82) is 0 Å². The van der Waals surface area contributed by atoms with Crippen LogP contribution in [0.2, 0.25) is 0 Å². The van der Waals surface area contributed by atoms with Gasteiger partial charge in [-0.1, -0.05) is 42.5 Å². The molecule has 2 saturated heterocycles. The molecule has 0 radical (unpaired) electrons. The highest BCUT2D eigenvalue weighted by Crippen LogP contribution is 2.25. The molecule has 4 rings (SSSR count). The van der Waals surface area contributed by atoms with Crippen molar-refractivity contribution in [1.82, 2.24) is 10.2 Å². The van der Waals surface area contributed by atoms with E-state index >= 15 is 0 Å². The highest BCUT2D eigenvalue weighted by atomic mass is 16.2. The molecule has 1 amide bonds. The van der Waals surface area contributed by atoms with Crippen molar-refractivity contribution in [3.63, 3.8) is 0 Å². The molecule has 2 heterocycles. The SMILES string of the molecule is CC(=O)N1CCC(Cc2ccc(N3CCNCC3Cc3ccccc3)cc2)CC1. The minimum absolute atomic E-state index is 0.217. The van der Waals surface area contributed by atoms with Gasteiger partial charge in [-0.3, -0.25) is 4.79 Å². The third kappa shape index (κ3) is 5.18. The Hall–Kier alpha value is -2.33. The summed E-state index contributed by atoms with van der Waals surface area (Å²) < 4.78 is 0. The van der Waals surface area contributed by atoms with Gasteiger partial charge in [0.25, 0.3) is 0 Å². The van der Waals surface area contributed by atoms with Crippen LogP contribution in [0.1, 0.15) is 30.9 Å². The van der Waals surface area contributed by atoms with Crippen LogP contribution in [0.15, 0.2) is 54.6 Å². The average molecular weight is 392 g/mol. The van der Waals surface area contributed by atoms with Crippen molar-refractivity contribution in [3.05, 3.63) is 65.7 Å². The van der Waals surface area contributed by atoms with Gasteiger partial charge in [0.05, 0.1) is 0 Å². The van der Waals surface area contributed by atoms with Crippen LogP contribution in [0.4, 0.5) is 5.69 Å². The quantitative estimate of drug-likeness (QED) is 0.847. The standard InChI is InChI=1S/C25H33N3O/c1-20(29)27-14-11-23(12-15-27)17-22-7-9-24(10-8-22)28-16-13-26-19-25(28)18-21-5-3-2-4-6-21/h2-10,23,25-26H,11-19H2,1H3. The number of amides is 1. The summed E-state index contributed by atoms with van der Waals surface area (Å²) in [7, 11) is 0. The number of nitrogens with zero attached hydrogens (tertiary/aromatic N) is 2. The fraction of sp³-hybridized carbons (Fsp3) is 0.480. The summed E-state index contributed by atoms with van der Waals surface area (Å²) in [5.41, 5.74) is 4.16. The molecule has 0 spiro atoms. The number of rotatable bonds is 5. The zero-order valence-corrected chi connectivity index (χ0v) is 17.5. The lowest BCUT2D eigenvalue weighted by molar-refractivity contribution is -0.130. The van der Waals surface area contributed by atoms with Crippen LogP contribution >= 0.6 is 0 Å². The van der Waals surface area contributed by atoms with Crippen molar-refractivity contribution in [2.75, 3.05) is 37.6 Å². The summed E-state index contributed by atoms with van der Waals surface area (Å²) in [6.45, 7) is 6.65. The molecule has 0 aromatic heterocycles. The molecule has 2 aromatic rings. The predicted octanol–water partition coefficient (Wildman–Crippen LogP) is 3.51. The number of anilines is 1. The van der Waals surface area contributed by atoms with Gasteiger partial charge >= 0.3 is 0 Å². The molecule has 1 N–H and O–H groups in total. The Morgan fingerprint density at radius 1 is 0.931 bits per heavy atom. The number of piperazine rings is 1. The lowest BCUT2D eigenvalue weighted by Crippen LogP contribution is -2.52. The molecule has 0 bridgehead atoms. The van der Waals surface area contributed by atoms with Crippen LogP contribution in [-0.4, -0.2) is 49.6 Å². The molecule has 1 unspecified atom stereocenters. The van der Waals surface area contributed by atoms with E-state index in [9.17, 15) is 4.79 Å². The number of carbonyl (C=O) groups is 1. The largest absolute Gasteiger partial charge is 0.366 e. The Kier molecular flexibility index (Phi) is 6.50. The summed E-state index contributed by atoms with van der Waals surface area (Å²) in [5.74, 6) is 0.912. The molecule has 29 heavy (non-hydrogen) atoms. The van der Waals surface area contributed by atoms with Gasteiger partial charge in [-0.05, 0) is 54.9 Å². The number of piperidine rings is 1. The Bertz CT molecular complexity index is 781. The van der Waals surface area contributed by atoms with Gasteiger partial charge in [0, 0.05) is 51.4 Å². The van der Waals surface area contributed by atoms with Gasteiger partial charge in [-0.2, -0.15) is 0 Å². The number of nitrogens with one attached hydrogen (secondary N) is 1. The molecule has 1 atom stereocenters. The van der Waals surface area contributed by atoms with E-state index in [0.29, 0.717) is 12.0 Å². The van der Waals surface area contributed by atoms with E-state index in [0.717, 1.165) is 58.4 Å². The highest BCUT2D eigenvalue weighted by molar-refractivity contribution is 5.73. The maximum Gasteiger partial charge on any atom is 0.219 e. The van der Waals surface area contributed by atoms with E-state index in [-0.39, 0.29) is 5.91 Å².